The van der Waals surface area contributed by atoms with Gasteiger partial charge in [-0.2, -0.15) is 0 Å². The Bertz CT molecular complexity index is 377. The average molecular weight is 238 g/mol. The summed E-state index contributed by atoms with van der Waals surface area (Å²) in [6.45, 7) is 6.23. The molecule has 2 N–H and O–H groups in total. The Kier molecular flexibility index (Phi) is 4.34. The van der Waals surface area contributed by atoms with Gasteiger partial charge >= 0.3 is 0 Å². The zero-order valence-electron chi connectivity index (χ0n) is 11.0. The lowest BCUT2D eigenvalue weighted by atomic mass is 9.88. The summed E-state index contributed by atoms with van der Waals surface area (Å²) in [6, 6.07) is 3.39. The number of hydrogen-bond acceptors (Lipinski definition) is 2. The van der Waals surface area contributed by atoms with Gasteiger partial charge in [0.15, 0.2) is 0 Å². The highest BCUT2D eigenvalue weighted by Gasteiger charge is 2.20. The van der Waals surface area contributed by atoms with Gasteiger partial charge in [-0.05, 0) is 24.0 Å². The van der Waals surface area contributed by atoms with Crippen LogP contribution < -0.4 is 5.32 Å². The molecule has 4 nitrogen and oxygen atoms in total. The Balaban J connectivity index is 2.63. The summed E-state index contributed by atoms with van der Waals surface area (Å²) >= 11 is 0. The molecule has 1 aromatic rings. The van der Waals surface area contributed by atoms with Crippen molar-refractivity contribution in [3.8, 4) is 0 Å². The molecule has 0 saturated carbocycles. The minimum Gasteiger partial charge on any atom is -0.394 e. The second-order valence-corrected chi connectivity index (χ2v) is 5.62. The maximum atomic E-state index is 11.9. The third-order valence-electron chi connectivity index (χ3n) is 2.59. The van der Waals surface area contributed by atoms with Crippen molar-refractivity contribution < 1.29 is 9.90 Å². The quantitative estimate of drug-likeness (QED) is 0.836. The molecule has 0 bridgehead atoms. The fraction of sp³-hybridized carbons (Fsp3) is 0.615. The van der Waals surface area contributed by atoms with E-state index in [1.807, 2.05) is 19.3 Å². The van der Waals surface area contributed by atoms with Crippen LogP contribution in [0.3, 0.4) is 0 Å². The molecule has 1 atom stereocenters. The number of aryl methyl sites for hydroxylation is 1. The lowest BCUT2D eigenvalue weighted by Gasteiger charge is -2.25. The Labute approximate surface area is 103 Å². The maximum absolute atomic E-state index is 11.9. The van der Waals surface area contributed by atoms with E-state index in [0.29, 0.717) is 5.69 Å². The molecule has 1 rings (SSSR count). The van der Waals surface area contributed by atoms with Crippen LogP contribution in [-0.4, -0.2) is 28.2 Å². The highest BCUT2D eigenvalue weighted by molar-refractivity contribution is 5.92. The first kappa shape index (κ1) is 13.8. The Morgan fingerprint density at radius 1 is 1.53 bits per heavy atom. The molecule has 1 amide bonds. The molecule has 0 aliphatic carbocycles. The van der Waals surface area contributed by atoms with Crippen molar-refractivity contribution in [2.75, 3.05) is 6.61 Å². The lowest BCUT2D eigenvalue weighted by Crippen LogP contribution is -2.40. The molecule has 0 saturated heterocycles. The van der Waals surface area contributed by atoms with Gasteiger partial charge in [0.05, 0.1) is 12.6 Å². The Morgan fingerprint density at radius 2 is 2.18 bits per heavy atom. The van der Waals surface area contributed by atoms with Crippen molar-refractivity contribution in [1.82, 2.24) is 9.88 Å². The summed E-state index contributed by atoms with van der Waals surface area (Å²) in [5.74, 6) is -0.138. The summed E-state index contributed by atoms with van der Waals surface area (Å²) in [6.07, 6.45) is 2.58. The number of aliphatic hydroxyl groups is 1. The largest absolute Gasteiger partial charge is 0.394 e. The number of nitrogens with one attached hydrogen (secondary N) is 1. The van der Waals surface area contributed by atoms with Crippen molar-refractivity contribution in [2.45, 2.75) is 33.2 Å². The minimum absolute atomic E-state index is 0.0343. The number of rotatable bonds is 4. The van der Waals surface area contributed by atoms with Gasteiger partial charge in [-0.15, -0.1) is 0 Å². The van der Waals surface area contributed by atoms with Crippen LogP contribution in [0.25, 0.3) is 0 Å². The van der Waals surface area contributed by atoms with E-state index in [1.54, 1.807) is 10.6 Å². The predicted octanol–water partition coefficient (Wildman–Crippen LogP) is 1.55. The van der Waals surface area contributed by atoms with Crippen LogP contribution in [0.2, 0.25) is 0 Å². The Morgan fingerprint density at radius 3 is 2.59 bits per heavy atom. The van der Waals surface area contributed by atoms with Crippen molar-refractivity contribution in [3.05, 3.63) is 24.0 Å². The summed E-state index contributed by atoms with van der Waals surface area (Å²) < 4.78 is 1.76. The van der Waals surface area contributed by atoms with E-state index in [0.717, 1.165) is 6.42 Å². The van der Waals surface area contributed by atoms with Crippen LogP contribution in [0.1, 0.15) is 37.7 Å². The number of carbonyl (C=O) groups excluding carboxylic acids is 1. The van der Waals surface area contributed by atoms with Crippen LogP contribution in [0, 0.1) is 5.41 Å². The summed E-state index contributed by atoms with van der Waals surface area (Å²) in [5, 5.41) is 12.1. The number of aromatic nitrogens is 1. The summed E-state index contributed by atoms with van der Waals surface area (Å²) in [7, 11) is 1.83. The van der Waals surface area contributed by atoms with E-state index in [2.05, 4.69) is 26.1 Å². The van der Waals surface area contributed by atoms with Gasteiger partial charge in [-0.1, -0.05) is 20.8 Å². The molecule has 17 heavy (non-hydrogen) atoms. The monoisotopic (exact) mass is 238 g/mol. The van der Waals surface area contributed by atoms with Gasteiger partial charge in [0.1, 0.15) is 5.69 Å². The molecule has 0 spiro atoms. The third kappa shape index (κ3) is 4.23. The number of amides is 1. The van der Waals surface area contributed by atoms with Gasteiger partial charge in [0.2, 0.25) is 0 Å². The minimum atomic E-state index is -0.197. The van der Waals surface area contributed by atoms with Gasteiger partial charge in [-0.3, -0.25) is 4.79 Å². The van der Waals surface area contributed by atoms with Gasteiger partial charge in [0, 0.05) is 13.2 Å². The molecule has 96 valence electrons. The van der Waals surface area contributed by atoms with E-state index in [-0.39, 0.29) is 24.0 Å². The molecule has 1 unspecified atom stereocenters. The first-order chi connectivity index (χ1) is 7.83. The lowest BCUT2D eigenvalue weighted by molar-refractivity contribution is 0.0889. The van der Waals surface area contributed by atoms with Crippen molar-refractivity contribution in [2.24, 2.45) is 12.5 Å². The maximum Gasteiger partial charge on any atom is 0.268 e. The molecule has 0 radical (unpaired) electrons. The van der Waals surface area contributed by atoms with Crippen molar-refractivity contribution in [1.29, 1.82) is 0 Å². The molecule has 1 aromatic heterocycles. The van der Waals surface area contributed by atoms with Crippen LogP contribution >= 0.6 is 0 Å². The van der Waals surface area contributed by atoms with Gasteiger partial charge in [0.25, 0.3) is 5.91 Å². The highest BCUT2D eigenvalue weighted by Crippen LogP contribution is 2.20. The molecule has 0 aromatic carbocycles. The van der Waals surface area contributed by atoms with E-state index >= 15 is 0 Å². The number of nitrogens with zero attached hydrogens (tertiary/aromatic N) is 1. The van der Waals surface area contributed by atoms with Crippen LogP contribution in [0.15, 0.2) is 18.3 Å². The molecule has 0 aliphatic heterocycles. The fourth-order valence-corrected chi connectivity index (χ4v) is 1.86. The van der Waals surface area contributed by atoms with E-state index in [4.69, 9.17) is 0 Å². The molecule has 1 heterocycles. The van der Waals surface area contributed by atoms with E-state index in [9.17, 15) is 9.90 Å². The summed E-state index contributed by atoms with van der Waals surface area (Å²) in [4.78, 5) is 11.9. The first-order valence-corrected chi connectivity index (χ1v) is 5.86. The normalized spacial score (nSPS) is 13.5. The van der Waals surface area contributed by atoms with E-state index in [1.165, 1.54) is 0 Å². The second kappa shape index (κ2) is 5.36. The van der Waals surface area contributed by atoms with Gasteiger partial charge in [-0.25, -0.2) is 0 Å². The third-order valence-corrected chi connectivity index (χ3v) is 2.59. The predicted molar refractivity (Wildman–Crippen MR) is 67.8 cm³/mol. The summed E-state index contributed by atoms with van der Waals surface area (Å²) in [5.41, 5.74) is 0.687. The smallest absolute Gasteiger partial charge is 0.268 e. The van der Waals surface area contributed by atoms with Crippen molar-refractivity contribution >= 4 is 5.91 Å². The van der Waals surface area contributed by atoms with Gasteiger partial charge < -0.3 is 15.0 Å². The number of hydrogen-bond donors (Lipinski definition) is 2. The molecular weight excluding hydrogens is 216 g/mol. The zero-order valence-corrected chi connectivity index (χ0v) is 11.0. The SMILES string of the molecule is Cn1cccc1C(=O)NC(CO)CC(C)(C)C. The number of carbonyl (C=O) groups is 1. The topological polar surface area (TPSA) is 54.3 Å². The molecular formula is C13H22N2O2. The van der Waals surface area contributed by atoms with Crippen molar-refractivity contribution in [3.63, 3.8) is 0 Å². The highest BCUT2D eigenvalue weighted by atomic mass is 16.3. The number of aliphatic hydroxyl groups excluding tert-OH is 1. The molecule has 0 aliphatic rings. The average Bonchev–Trinajstić information content (AvgIpc) is 2.61. The van der Waals surface area contributed by atoms with E-state index < -0.39 is 0 Å². The molecule has 4 heteroatoms. The van der Waals surface area contributed by atoms with Crippen LogP contribution in [-0.2, 0) is 7.05 Å². The second-order valence-electron chi connectivity index (χ2n) is 5.62. The standard InChI is InChI=1S/C13H22N2O2/c1-13(2,3)8-10(9-16)14-12(17)11-6-5-7-15(11)4/h5-7,10,16H,8-9H2,1-4H3,(H,14,17). The molecule has 0 fully saturated rings. The van der Waals surface area contributed by atoms with Crippen LogP contribution in [0.5, 0.6) is 0 Å². The van der Waals surface area contributed by atoms with Crippen LogP contribution in [0.4, 0.5) is 0 Å². The fourth-order valence-electron chi connectivity index (χ4n) is 1.86. The zero-order chi connectivity index (χ0) is 13.1. The Hall–Kier alpha value is -1.29. The first-order valence-electron chi connectivity index (χ1n) is 5.86.